The van der Waals surface area contributed by atoms with E-state index in [0.29, 0.717) is 24.6 Å². The van der Waals surface area contributed by atoms with Gasteiger partial charge in [-0.25, -0.2) is 0 Å². The molecule has 0 aliphatic heterocycles. The van der Waals surface area contributed by atoms with Gasteiger partial charge < -0.3 is 4.52 Å². The van der Waals surface area contributed by atoms with Crippen LogP contribution in [0.25, 0.3) is 0 Å². The Morgan fingerprint density at radius 1 is 1.55 bits per heavy atom. The Morgan fingerprint density at radius 3 is 2.73 bits per heavy atom. The van der Waals surface area contributed by atoms with Gasteiger partial charge in [-0.1, -0.05) is 5.16 Å². The van der Waals surface area contributed by atoms with E-state index >= 15 is 0 Å². The predicted octanol–water partition coefficient (Wildman–Crippen LogP) is 0.825. The zero-order valence-electron chi connectivity index (χ0n) is 6.20. The lowest BCUT2D eigenvalue weighted by atomic mass is 9.83. The van der Waals surface area contributed by atoms with Crippen LogP contribution in [0, 0.1) is 6.92 Å². The normalized spacial score (nSPS) is 18.5. The highest BCUT2D eigenvalue weighted by Gasteiger charge is 2.31. The van der Waals surface area contributed by atoms with E-state index in [9.17, 15) is 4.79 Å². The van der Waals surface area contributed by atoms with E-state index in [0.717, 1.165) is 0 Å². The summed E-state index contributed by atoms with van der Waals surface area (Å²) in [4.78, 5) is 14.6. The van der Waals surface area contributed by atoms with Crippen LogP contribution in [0.5, 0.6) is 0 Å². The van der Waals surface area contributed by atoms with Crippen LogP contribution >= 0.6 is 0 Å². The quantitative estimate of drug-likeness (QED) is 0.597. The van der Waals surface area contributed by atoms with Crippen LogP contribution in [0.15, 0.2) is 4.52 Å². The second-order valence-electron chi connectivity index (χ2n) is 2.82. The van der Waals surface area contributed by atoms with Crippen molar-refractivity contribution in [1.82, 2.24) is 10.1 Å². The molecule has 1 saturated carbocycles. The van der Waals surface area contributed by atoms with E-state index in [1.807, 2.05) is 0 Å². The molecule has 4 nitrogen and oxygen atoms in total. The molecule has 0 spiro atoms. The van der Waals surface area contributed by atoms with Gasteiger partial charge in [0.1, 0.15) is 5.78 Å². The fourth-order valence-corrected chi connectivity index (χ4v) is 1.15. The molecule has 1 aromatic heterocycles. The molecular weight excluding hydrogens is 144 g/mol. The Kier molecular flexibility index (Phi) is 1.27. The third-order valence-corrected chi connectivity index (χ3v) is 1.86. The van der Waals surface area contributed by atoms with Crippen LogP contribution in [0.4, 0.5) is 0 Å². The second-order valence-corrected chi connectivity index (χ2v) is 2.82. The highest BCUT2D eigenvalue weighted by Crippen LogP contribution is 2.31. The summed E-state index contributed by atoms with van der Waals surface area (Å²) in [6.07, 6.45) is 1.16. The molecule has 1 fully saturated rings. The van der Waals surface area contributed by atoms with Gasteiger partial charge in [0, 0.05) is 25.7 Å². The van der Waals surface area contributed by atoms with Gasteiger partial charge in [-0.15, -0.1) is 0 Å². The van der Waals surface area contributed by atoms with E-state index in [1.54, 1.807) is 6.92 Å². The molecule has 1 heterocycles. The van der Waals surface area contributed by atoms with E-state index in [4.69, 9.17) is 4.52 Å². The van der Waals surface area contributed by atoms with Crippen LogP contribution in [0.1, 0.15) is 30.5 Å². The molecule has 4 heteroatoms. The Balaban J connectivity index is 2.12. The average Bonchev–Trinajstić information content (AvgIpc) is 2.29. The Hall–Kier alpha value is -1.19. The Morgan fingerprint density at radius 2 is 2.27 bits per heavy atom. The highest BCUT2D eigenvalue weighted by molar-refractivity contribution is 5.86. The molecule has 1 aromatic rings. The number of carbonyl (C=O) groups is 1. The summed E-state index contributed by atoms with van der Waals surface area (Å²) >= 11 is 0. The first-order valence-corrected chi connectivity index (χ1v) is 3.57. The topological polar surface area (TPSA) is 56.0 Å². The first-order valence-electron chi connectivity index (χ1n) is 3.57. The maximum atomic E-state index is 10.6. The van der Waals surface area contributed by atoms with Gasteiger partial charge >= 0.3 is 0 Å². The predicted molar refractivity (Wildman–Crippen MR) is 36.0 cm³/mol. The number of hydrogen-bond acceptors (Lipinski definition) is 4. The molecule has 2 rings (SSSR count). The molecule has 1 aliphatic rings. The lowest BCUT2D eigenvalue weighted by Crippen LogP contribution is -2.22. The van der Waals surface area contributed by atoms with E-state index in [-0.39, 0.29) is 11.7 Å². The number of aryl methyl sites for hydroxylation is 1. The minimum Gasteiger partial charge on any atom is -0.340 e. The van der Waals surface area contributed by atoms with Crippen molar-refractivity contribution in [1.29, 1.82) is 0 Å². The number of rotatable bonds is 1. The Bertz CT molecular complexity index is 284. The zero-order chi connectivity index (χ0) is 7.84. The zero-order valence-corrected chi connectivity index (χ0v) is 6.20. The first kappa shape index (κ1) is 6.52. The molecule has 0 unspecified atom stereocenters. The van der Waals surface area contributed by atoms with Gasteiger partial charge in [0.2, 0.25) is 5.89 Å². The number of carbonyl (C=O) groups excluding carboxylic acids is 1. The van der Waals surface area contributed by atoms with Gasteiger partial charge in [0.15, 0.2) is 5.82 Å². The molecule has 0 bridgehead atoms. The van der Waals surface area contributed by atoms with Crippen molar-refractivity contribution in [3.8, 4) is 0 Å². The number of nitrogens with zero attached hydrogens (tertiary/aromatic N) is 2. The summed E-state index contributed by atoms with van der Waals surface area (Å²) in [5, 5.41) is 3.73. The summed E-state index contributed by atoms with van der Waals surface area (Å²) in [5.74, 6) is 1.76. The van der Waals surface area contributed by atoms with Crippen molar-refractivity contribution >= 4 is 5.78 Å². The molecule has 0 saturated heterocycles. The lowest BCUT2D eigenvalue weighted by molar-refractivity contribution is -0.124. The average molecular weight is 152 g/mol. The SMILES string of the molecule is Cc1nc(C2CC(=O)C2)no1. The molecule has 0 N–H and O–H groups in total. The van der Waals surface area contributed by atoms with E-state index < -0.39 is 0 Å². The molecular formula is C7H8N2O2. The molecule has 0 radical (unpaired) electrons. The van der Waals surface area contributed by atoms with Crippen LogP contribution < -0.4 is 0 Å². The van der Waals surface area contributed by atoms with Crippen molar-refractivity contribution < 1.29 is 9.32 Å². The third kappa shape index (κ3) is 1.04. The van der Waals surface area contributed by atoms with Crippen molar-refractivity contribution in [3.05, 3.63) is 11.7 Å². The first-order chi connectivity index (χ1) is 5.25. The summed E-state index contributed by atoms with van der Waals surface area (Å²) < 4.78 is 4.78. The summed E-state index contributed by atoms with van der Waals surface area (Å²) in [6, 6.07) is 0. The van der Waals surface area contributed by atoms with Gasteiger partial charge in [0.05, 0.1) is 0 Å². The van der Waals surface area contributed by atoms with E-state index in [2.05, 4.69) is 10.1 Å². The van der Waals surface area contributed by atoms with Crippen molar-refractivity contribution in [2.75, 3.05) is 0 Å². The van der Waals surface area contributed by atoms with Gasteiger partial charge in [-0.3, -0.25) is 4.79 Å². The Labute approximate surface area is 63.6 Å². The monoisotopic (exact) mass is 152 g/mol. The lowest BCUT2D eigenvalue weighted by Gasteiger charge is -2.19. The van der Waals surface area contributed by atoms with Crippen molar-refractivity contribution in [3.63, 3.8) is 0 Å². The fraction of sp³-hybridized carbons (Fsp3) is 0.571. The van der Waals surface area contributed by atoms with Crippen LogP contribution in [0.2, 0.25) is 0 Å². The summed E-state index contributed by atoms with van der Waals surface area (Å²) in [7, 11) is 0. The second kappa shape index (κ2) is 2.15. The third-order valence-electron chi connectivity index (χ3n) is 1.86. The van der Waals surface area contributed by atoms with Crippen molar-refractivity contribution in [2.24, 2.45) is 0 Å². The molecule has 11 heavy (non-hydrogen) atoms. The summed E-state index contributed by atoms with van der Waals surface area (Å²) in [5.41, 5.74) is 0. The largest absolute Gasteiger partial charge is 0.340 e. The maximum absolute atomic E-state index is 10.6. The van der Waals surface area contributed by atoms with Crippen LogP contribution in [0.3, 0.4) is 0 Å². The maximum Gasteiger partial charge on any atom is 0.223 e. The van der Waals surface area contributed by atoms with Crippen LogP contribution in [-0.2, 0) is 4.79 Å². The minimum atomic E-state index is 0.222. The number of ketones is 1. The minimum absolute atomic E-state index is 0.222. The molecule has 0 aromatic carbocycles. The van der Waals surface area contributed by atoms with Gasteiger partial charge in [-0.2, -0.15) is 4.98 Å². The van der Waals surface area contributed by atoms with Crippen molar-refractivity contribution in [2.45, 2.75) is 25.7 Å². The summed E-state index contributed by atoms with van der Waals surface area (Å²) in [6.45, 7) is 1.75. The van der Waals surface area contributed by atoms with Gasteiger partial charge in [-0.05, 0) is 0 Å². The fourth-order valence-electron chi connectivity index (χ4n) is 1.15. The van der Waals surface area contributed by atoms with Crippen LogP contribution in [-0.4, -0.2) is 15.9 Å². The van der Waals surface area contributed by atoms with Gasteiger partial charge in [0.25, 0.3) is 0 Å². The number of aromatic nitrogens is 2. The van der Waals surface area contributed by atoms with E-state index in [1.165, 1.54) is 0 Å². The number of hydrogen-bond donors (Lipinski definition) is 0. The molecule has 0 atom stereocenters. The molecule has 1 aliphatic carbocycles. The number of Topliss-reactive ketones (excluding diaryl/α,β-unsaturated/α-hetero) is 1. The smallest absolute Gasteiger partial charge is 0.223 e. The molecule has 58 valence electrons. The molecule has 0 amide bonds. The standard InChI is InChI=1S/C7H8N2O2/c1-4-8-7(9-11-4)5-2-6(10)3-5/h5H,2-3H2,1H3. The highest BCUT2D eigenvalue weighted by atomic mass is 16.5.